The molecule has 92 valence electrons. The van der Waals surface area contributed by atoms with Gasteiger partial charge in [0.2, 0.25) is 0 Å². The molecule has 2 rings (SSSR count). The Morgan fingerprint density at radius 3 is 3.06 bits per heavy atom. The minimum absolute atomic E-state index is 0.0625. The molecule has 0 spiro atoms. The Balaban J connectivity index is 2.21. The van der Waals surface area contributed by atoms with Gasteiger partial charge >= 0.3 is 0 Å². The molecule has 1 saturated heterocycles. The Kier molecular flexibility index (Phi) is 3.54. The van der Waals surface area contributed by atoms with E-state index in [-0.39, 0.29) is 12.0 Å². The van der Waals surface area contributed by atoms with E-state index in [1.165, 1.54) is 0 Å². The van der Waals surface area contributed by atoms with Crippen LogP contribution in [0.15, 0.2) is 18.2 Å². The first-order valence-corrected chi connectivity index (χ1v) is 5.91. The third kappa shape index (κ3) is 2.70. The van der Waals surface area contributed by atoms with Gasteiger partial charge in [0.15, 0.2) is 0 Å². The lowest BCUT2D eigenvalue weighted by Gasteiger charge is -2.31. The summed E-state index contributed by atoms with van der Waals surface area (Å²) in [4.78, 5) is 14.0. The van der Waals surface area contributed by atoms with Crippen molar-refractivity contribution in [2.75, 3.05) is 25.4 Å². The lowest BCUT2D eigenvalue weighted by Crippen LogP contribution is -2.44. The average molecular weight is 255 g/mol. The normalized spacial score (nSPS) is 20.4. The minimum Gasteiger partial charge on any atom is -0.399 e. The zero-order chi connectivity index (χ0) is 12.4. The van der Waals surface area contributed by atoms with Crippen molar-refractivity contribution in [3.05, 3.63) is 28.8 Å². The second kappa shape index (κ2) is 4.94. The molecule has 1 aromatic carbocycles. The molecule has 0 radical (unpaired) electrons. The first-order chi connectivity index (χ1) is 8.08. The van der Waals surface area contributed by atoms with Gasteiger partial charge in [-0.2, -0.15) is 0 Å². The number of hydrogen-bond donors (Lipinski definition) is 1. The fourth-order valence-electron chi connectivity index (χ4n) is 1.88. The summed E-state index contributed by atoms with van der Waals surface area (Å²) < 4.78 is 5.40. The number of nitrogens with zero attached hydrogens (tertiary/aromatic N) is 1. The van der Waals surface area contributed by atoms with Crippen LogP contribution in [-0.4, -0.2) is 36.6 Å². The Morgan fingerprint density at radius 2 is 2.35 bits per heavy atom. The molecule has 0 aliphatic carbocycles. The molecule has 0 bridgehead atoms. The Labute approximate surface area is 105 Å². The summed E-state index contributed by atoms with van der Waals surface area (Å²) in [7, 11) is 0. The zero-order valence-corrected chi connectivity index (χ0v) is 10.4. The van der Waals surface area contributed by atoms with Crippen LogP contribution in [-0.2, 0) is 4.74 Å². The van der Waals surface area contributed by atoms with E-state index in [9.17, 15) is 4.79 Å². The number of carbonyl (C=O) groups is 1. The summed E-state index contributed by atoms with van der Waals surface area (Å²) in [5.74, 6) is -0.0857. The van der Waals surface area contributed by atoms with Crippen LogP contribution in [0.1, 0.15) is 17.3 Å². The number of nitrogens with two attached hydrogens (primary N) is 1. The zero-order valence-electron chi connectivity index (χ0n) is 9.65. The second-order valence-corrected chi connectivity index (χ2v) is 4.58. The van der Waals surface area contributed by atoms with Crippen LogP contribution in [0, 0.1) is 0 Å². The number of carbonyl (C=O) groups excluding carboxylic acids is 1. The highest BCUT2D eigenvalue weighted by Gasteiger charge is 2.23. The highest BCUT2D eigenvalue weighted by atomic mass is 35.5. The van der Waals surface area contributed by atoms with Crippen molar-refractivity contribution in [3.63, 3.8) is 0 Å². The van der Waals surface area contributed by atoms with Gasteiger partial charge in [0.05, 0.1) is 23.3 Å². The van der Waals surface area contributed by atoms with Crippen LogP contribution in [0.5, 0.6) is 0 Å². The van der Waals surface area contributed by atoms with Gasteiger partial charge in [0.25, 0.3) is 5.91 Å². The predicted molar refractivity (Wildman–Crippen MR) is 67.2 cm³/mol. The Morgan fingerprint density at radius 1 is 1.59 bits per heavy atom. The molecule has 5 heteroatoms. The van der Waals surface area contributed by atoms with Crippen molar-refractivity contribution in [3.8, 4) is 0 Å². The maximum atomic E-state index is 12.2. The van der Waals surface area contributed by atoms with Gasteiger partial charge in [-0.15, -0.1) is 0 Å². The largest absolute Gasteiger partial charge is 0.399 e. The smallest absolute Gasteiger partial charge is 0.255 e. The van der Waals surface area contributed by atoms with Gasteiger partial charge in [0, 0.05) is 18.8 Å². The third-order valence-electron chi connectivity index (χ3n) is 2.75. The summed E-state index contributed by atoms with van der Waals surface area (Å²) in [5.41, 5.74) is 6.67. The molecule has 17 heavy (non-hydrogen) atoms. The molecule has 1 atom stereocenters. The number of anilines is 1. The predicted octanol–water partition coefficient (Wildman–Crippen LogP) is 1.78. The fourth-order valence-corrected chi connectivity index (χ4v) is 2.08. The Hall–Kier alpha value is -1.26. The summed E-state index contributed by atoms with van der Waals surface area (Å²) in [6.07, 6.45) is 0.0625. The number of nitrogen functional groups attached to an aromatic ring is 1. The highest BCUT2D eigenvalue weighted by molar-refractivity contribution is 6.34. The second-order valence-electron chi connectivity index (χ2n) is 4.17. The average Bonchev–Trinajstić information content (AvgIpc) is 2.31. The molecule has 1 aromatic rings. The summed E-state index contributed by atoms with van der Waals surface area (Å²) in [6.45, 7) is 3.69. The van der Waals surface area contributed by atoms with E-state index in [1.807, 2.05) is 6.92 Å². The molecule has 0 saturated carbocycles. The van der Waals surface area contributed by atoms with E-state index in [2.05, 4.69) is 0 Å². The quantitative estimate of drug-likeness (QED) is 0.778. The molecule has 1 unspecified atom stereocenters. The third-order valence-corrected chi connectivity index (χ3v) is 3.08. The number of benzene rings is 1. The van der Waals surface area contributed by atoms with Gasteiger partial charge < -0.3 is 15.4 Å². The van der Waals surface area contributed by atoms with Gasteiger partial charge in [-0.1, -0.05) is 11.6 Å². The van der Waals surface area contributed by atoms with Crippen molar-refractivity contribution in [1.82, 2.24) is 4.90 Å². The lowest BCUT2D eigenvalue weighted by molar-refractivity contribution is -0.0124. The van der Waals surface area contributed by atoms with Gasteiger partial charge in [-0.3, -0.25) is 4.79 Å². The van der Waals surface area contributed by atoms with E-state index in [0.717, 1.165) is 0 Å². The van der Waals surface area contributed by atoms with Crippen LogP contribution < -0.4 is 5.73 Å². The van der Waals surface area contributed by atoms with Crippen LogP contribution in [0.4, 0.5) is 5.69 Å². The lowest BCUT2D eigenvalue weighted by atomic mass is 10.1. The molecular weight excluding hydrogens is 240 g/mol. The maximum absolute atomic E-state index is 12.2. The first kappa shape index (κ1) is 12.2. The summed E-state index contributed by atoms with van der Waals surface area (Å²) in [5, 5.41) is 0.434. The maximum Gasteiger partial charge on any atom is 0.255 e. The van der Waals surface area contributed by atoms with Gasteiger partial charge in [0.1, 0.15) is 0 Å². The highest BCUT2D eigenvalue weighted by Crippen LogP contribution is 2.21. The van der Waals surface area contributed by atoms with E-state index in [1.54, 1.807) is 23.1 Å². The molecule has 1 amide bonds. The molecule has 4 nitrogen and oxygen atoms in total. The van der Waals surface area contributed by atoms with Crippen molar-refractivity contribution in [1.29, 1.82) is 0 Å². The van der Waals surface area contributed by atoms with E-state index in [0.29, 0.717) is 36.0 Å². The molecule has 1 heterocycles. The van der Waals surface area contributed by atoms with Crippen molar-refractivity contribution in [2.45, 2.75) is 13.0 Å². The summed E-state index contributed by atoms with van der Waals surface area (Å²) >= 11 is 6.01. The van der Waals surface area contributed by atoms with Crippen molar-refractivity contribution >= 4 is 23.2 Å². The van der Waals surface area contributed by atoms with Crippen molar-refractivity contribution in [2.24, 2.45) is 0 Å². The molecule has 1 aliphatic rings. The molecule has 0 aromatic heterocycles. The number of amides is 1. The molecular formula is C12H15ClN2O2. The number of halogens is 1. The first-order valence-electron chi connectivity index (χ1n) is 5.54. The van der Waals surface area contributed by atoms with Gasteiger partial charge in [-0.25, -0.2) is 0 Å². The molecule has 1 fully saturated rings. The number of morpholine rings is 1. The van der Waals surface area contributed by atoms with Crippen LogP contribution in [0.25, 0.3) is 0 Å². The molecule has 1 aliphatic heterocycles. The number of ether oxygens (including phenoxy) is 1. The number of hydrogen-bond acceptors (Lipinski definition) is 3. The fraction of sp³-hybridized carbons (Fsp3) is 0.417. The molecule has 2 N–H and O–H groups in total. The number of rotatable bonds is 1. The van der Waals surface area contributed by atoms with E-state index < -0.39 is 0 Å². The summed E-state index contributed by atoms with van der Waals surface area (Å²) in [6, 6.07) is 4.94. The van der Waals surface area contributed by atoms with Crippen LogP contribution >= 0.6 is 11.6 Å². The monoisotopic (exact) mass is 254 g/mol. The SMILES string of the molecule is CC1CN(C(=O)c2cc(N)ccc2Cl)CCO1. The van der Waals surface area contributed by atoms with Gasteiger partial charge in [-0.05, 0) is 25.1 Å². The van der Waals surface area contributed by atoms with Crippen LogP contribution in [0.2, 0.25) is 5.02 Å². The standard InChI is InChI=1S/C12H15ClN2O2/c1-8-7-15(4-5-17-8)12(16)10-6-9(14)2-3-11(10)13/h2-3,6,8H,4-5,7,14H2,1H3. The van der Waals surface area contributed by atoms with E-state index >= 15 is 0 Å². The van der Waals surface area contributed by atoms with E-state index in [4.69, 9.17) is 22.1 Å². The van der Waals surface area contributed by atoms with Crippen LogP contribution in [0.3, 0.4) is 0 Å². The Bertz CT molecular complexity index is 437. The van der Waals surface area contributed by atoms with Crippen molar-refractivity contribution < 1.29 is 9.53 Å². The topological polar surface area (TPSA) is 55.6 Å². The minimum atomic E-state index is -0.0857.